The molecule has 16 heavy (non-hydrogen) atoms. The predicted octanol–water partition coefficient (Wildman–Crippen LogP) is -0.272. The number of hydrogen-bond donors (Lipinski definition) is 2. The second kappa shape index (κ2) is 4.21. The molecule has 1 aromatic heterocycles. The third kappa shape index (κ3) is 2.21. The molecule has 88 valence electrons. The van der Waals surface area contributed by atoms with Crippen LogP contribution in [0.1, 0.15) is 25.8 Å². The van der Waals surface area contributed by atoms with Crippen molar-refractivity contribution in [1.29, 1.82) is 0 Å². The Morgan fingerprint density at radius 2 is 2.44 bits per heavy atom. The van der Waals surface area contributed by atoms with Gasteiger partial charge in [0.05, 0.1) is 6.61 Å². The average Bonchev–Trinajstić information content (AvgIpc) is 2.88. The molecule has 1 amide bonds. The summed E-state index contributed by atoms with van der Waals surface area (Å²) in [5.41, 5.74) is -0.0578. The summed E-state index contributed by atoms with van der Waals surface area (Å²) in [6.45, 7) is 2.45. The maximum absolute atomic E-state index is 11.8. The number of rotatable bonds is 5. The fraction of sp³-hybridized carbons (Fsp3) is 0.700. The van der Waals surface area contributed by atoms with Gasteiger partial charge in [-0.1, -0.05) is 0 Å². The maximum atomic E-state index is 11.8. The molecular weight excluding hydrogens is 208 g/mol. The summed E-state index contributed by atoms with van der Waals surface area (Å²) in [6, 6.07) is -0.364. The third-order valence-corrected chi connectivity index (χ3v) is 3.14. The molecule has 1 fully saturated rings. The zero-order valence-electron chi connectivity index (χ0n) is 9.26. The van der Waals surface area contributed by atoms with Gasteiger partial charge in [-0.2, -0.15) is 5.10 Å². The number of nitrogens with zero attached hydrogens (tertiary/aromatic N) is 3. The van der Waals surface area contributed by atoms with Crippen LogP contribution in [0, 0.1) is 5.41 Å². The SMILES string of the molecule is CC(C(=O)NCC1(CO)CC1)n1cncn1. The molecule has 1 aromatic rings. The van der Waals surface area contributed by atoms with Crippen molar-refractivity contribution < 1.29 is 9.90 Å². The zero-order chi connectivity index (χ0) is 11.6. The number of hydrogen-bond acceptors (Lipinski definition) is 4. The highest BCUT2D eigenvalue weighted by molar-refractivity contribution is 5.79. The summed E-state index contributed by atoms with van der Waals surface area (Å²) in [7, 11) is 0. The molecule has 6 nitrogen and oxygen atoms in total. The van der Waals surface area contributed by atoms with Gasteiger partial charge in [-0.15, -0.1) is 0 Å². The van der Waals surface area contributed by atoms with Gasteiger partial charge in [0.15, 0.2) is 0 Å². The number of carbonyl (C=O) groups is 1. The Hall–Kier alpha value is -1.43. The van der Waals surface area contributed by atoms with Crippen molar-refractivity contribution in [3.05, 3.63) is 12.7 Å². The van der Waals surface area contributed by atoms with E-state index in [1.807, 2.05) is 0 Å². The van der Waals surface area contributed by atoms with E-state index in [1.165, 1.54) is 17.3 Å². The minimum atomic E-state index is -0.364. The largest absolute Gasteiger partial charge is 0.396 e. The zero-order valence-corrected chi connectivity index (χ0v) is 9.26. The standard InChI is InChI=1S/C10H16N4O2/c1-8(14-7-11-6-13-14)9(16)12-4-10(5-15)2-3-10/h6-8,15H,2-5H2,1H3,(H,12,16). The second-order valence-electron chi connectivity index (χ2n) is 4.43. The van der Waals surface area contributed by atoms with Crippen LogP contribution >= 0.6 is 0 Å². The summed E-state index contributed by atoms with van der Waals surface area (Å²) in [4.78, 5) is 15.5. The maximum Gasteiger partial charge on any atom is 0.244 e. The van der Waals surface area contributed by atoms with Crippen LogP contribution in [0.3, 0.4) is 0 Å². The first-order valence-electron chi connectivity index (χ1n) is 5.40. The van der Waals surface area contributed by atoms with Crippen molar-refractivity contribution in [2.24, 2.45) is 5.41 Å². The number of carbonyl (C=O) groups excluding carboxylic acids is 1. The van der Waals surface area contributed by atoms with Crippen molar-refractivity contribution >= 4 is 5.91 Å². The minimum Gasteiger partial charge on any atom is -0.396 e. The van der Waals surface area contributed by atoms with Crippen molar-refractivity contribution in [1.82, 2.24) is 20.1 Å². The van der Waals surface area contributed by atoms with E-state index in [4.69, 9.17) is 5.11 Å². The molecule has 1 aliphatic carbocycles. The van der Waals surface area contributed by atoms with Crippen LogP contribution in [0.2, 0.25) is 0 Å². The van der Waals surface area contributed by atoms with E-state index in [1.54, 1.807) is 6.92 Å². The van der Waals surface area contributed by atoms with Gasteiger partial charge in [0.25, 0.3) is 0 Å². The molecule has 1 aliphatic rings. The Morgan fingerprint density at radius 1 is 1.69 bits per heavy atom. The van der Waals surface area contributed by atoms with Crippen LogP contribution in [-0.2, 0) is 4.79 Å². The van der Waals surface area contributed by atoms with Gasteiger partial charge in [0.2, 0.25) is 5.91 Å². The molecule has 0 spiro atoms. The molecule has 1 unspecified atom stereocenters. The topological polar surface area (TPSA) is 80.0 Å². The van der Waals surface area contributed by atoms with Crippen LogP contribution in [0.5, 0.6) is 0 Å². The van der Waals surface area contributed by atoms with Crippen molar-refractivity contribution in [3.63, 3.8) is 0 Å². The summed E-state index contributed by atoms with van der Waals surface area (Å²) in [6.07, 6.45) is 4.89. The van der Waals surface area contributed by atoms with E-state index < -0.39 is 0 Å². The lowest BCUT2D eigenvalue weighted by molar-refractivity contribution is -0.124. The summed E-state index contributed by atoms with van der Waals surface area (Å²) in [5.74, 6) is -0.0924. The molecule has 1 atom stereocenters. The van der Waals surface area contributed by atoms with Gasteiger partial charge in [-0.25, -0.2) is 9.67 Å². The number of nitrogens with one attached hydrogen (secondary N) is 1. The fourth-order valence-electron chi connectivity index (χ4n) is 1.53. The quantitative estimate of drug-likeness (QED) is 0.721. The minimum absolute atomic E-state index is 0.0578. The summed E-state index contributed by atoms with van der Waals surface area (Å²) in [5, 5.41) is 15.9. The van der Waals surface area contributed by atoms with Gasteiger partial charge in [0, 0.05) is 12.0 Å². The van der Waals surface area contributed by atoms with E-state index >= 15 is 0 Å². The van der Waals surface area contributed by atoms with Gasteiger partial charge in [-0.05, 0) is 19.8 Å². The lowest BCUT2D eigenvalue weighted by atomic mass is 10.1. The van der Waals surface area contributed by atoms with Gasteiger partial charge < -0.3 is 10.4 Å². The molecule has 0 aliphatic heterocycles. The Morgan fingerprint density at radius 3 is 2.94 bits per heavy atom. The highest BCUT2D eigenvalue weighted by Gasteiger charge is 2.42. The Balaban J connectivity index is 1.84. The van der Waals surface area contributed by atoms with Crippen molar-refractivity contribution in [2.45, 2.75) is 25.8 Å². The second-order valence-corrected chi connectivity index (χ2v) is 4.43. The van der Waals surface area contributed by atoms with Crippen molar-refractivity contribution in [3.8, 4) is 0 Å². The number of amides is 1. The molecule has 0 saturated heterocycles. The first kappa shape index (κ1) is 11.1. The Kier molecular flexibility index (Phi) is 2.91. The first-order chi connectivity index (χ1) is 7.67. The van der Waals surface area contributed by atoms with E-state index in [0.29, 0.717) is 6.54 Å². The summed E-state index contributed by atoms with van der Waals surface area (Å²) < 4.78 is 1.51. The van der Waals surface area contributed by atoms with Crippen molar-refractivity contribution in [2.75, 3.05) is 13.2 Å². The molecule has 0 radical (unpaired) electrons. The molecule has 0 aromatic carbocycles. The van der Waals surface area contributed by atoms with E-state index in [9.17, 15) is 4.79 Å². The van der Waals surface area contributed by atoms with E-state index in [-0.39, 0.29) is 24.0 Å². The number of aliphatic hydroxyl groups excluding tert-OH is 1. The molecule has 0 bridgehead atoms. The first-order valence-corrected chi connectivity index (χ1v) is 5.40. The van der Waals surface area contributed by atoms with Gasteiger partial charge >= 0.3 is 0 Å². The highest BCUT2D eigenvalue weighted by Crippen LogP contribution is 2.44. The number of aliphatic hydroxyl groups is 1. The molecule has 2 N–H and O–H groups in total. The molecule has 2 rings (SSSR count). The van der Waals surface area contributed by atoms with Gasteiger partial charge in [0.1, 0.15) is 18.7 Å². The third-order valence-electron chi connectivity index (χ3n) is 3.14. The monoisotopic (exact) mass is 224 g/mol. The average molecular weight is 224 g/mol. The molecule has 1 saturated carbocycles. The smallest absolute Gasteiger partial charge is 0.244 e. The fourth-order valence-corrected chi connectivity index (χ4v) is 1.53. The van der Waals surface area contributed by atoms with Crippen LogP contribution < -0.4 is 5.32 Å². The Bertz CT molecular complexity index is 359. The molecule has 6 heteroatoms. The van der Waals surface area contributed by atoms with Gasteiger partial charge in [-0.3, -0.25) is 4.79 Å². The van der Waals surface area contributed by atoms with Crippen LogP contribution in [0.25, 0.3) is 0 Å². The van der Waals surface area contributed by atoms with Crippen LogP contribution in [0.4, 0.5) is 0 Å². The summed E-state index contributed by atoms with van der Waals surface area (Å²) >= 11 is 0. The van der Waals surface area contributed by atoms with Crippen LogP contribution in [0.15, 0.2) is 12.7 Å². The number of aromatic nitrogens is 3. The highest BCUT2D eigenvalue weighted by atomic mass is 16.3. The predicted molar refractivity (Wildman–Crippen MR) is 56.5 cm³/mol. The molecular formula is C10H16N4O2. The molecule has 1 heterocycles. The van der Waals surface area contributed by atoms with E-state index in [2.05, 4.69) is 15.4 Å². The van der Waals surface area contributed by atoms with Crippen LogP contribution in [-0.4, -0.2) is 38.9 Å². The lowest BCUT2D eigenvalue weighted by Gasteiger charge is -2.16. The lowest BCUT2D eigenvalue weighted by Crippen LogP contribution is -2.36. The Labute approximate surface area is 93.7 Å². The van der Waals surface area contributed by atoms with E-state index in [0.717, 1.165) is 12.8 Å². The normalized spacial score (nSPS) is 19.1.